The predicted molar refractivity (Wildman–Crippen MR) is 82.4 cm³/mol. The van der Waals surface area contributed by atoms with Crippen LogP contribution in [0.4, 0.5) is 0 Å². The highest BCUT2D eigenvalue weighted by Crippen LogP contribution is 2.35. The Morgan fingerprint density at radius 1 is 1.25 bits per heavy atom. The van der Waals surface area contributed by atoms with Gasteiger partial charge in [-0.15, -0.1) is 0 Å². The number of aryl methyl sites for hydroxylation is 3. The second-order valence-corrected chi connectivity index (χ2v) is 6.27. The third kappa shape index (κ3) is 2.15. The molecule has 3 nitrogen and oxygen atoms in total. The Morgan fingerprint density at radius 3 is 2.35 bits per heavy atom. The molecule has 0 spiro atoms. The number of halogens is 1. The summed E-state index contributed by atoms with van der Waals surface area (Å²) in [6.45, 7) is 6.08. The molecule has 1 aliphatic heterocycles. The number of benzene rings is 1. The van der Waals surface area contributed by atoms with Crippen LogP contribution in [0.2, 0.25) is 5.02 Å². The summed E-state index contributed by atoms with van der Waals surface area (Å²) in [5.74, 6) is 0. The predicted octanol–water partition coefficient (Wildman–Crippen LogP) is 2.77. The van der Waals surface area contributed by atoms with Crippen molar-refractivity contribution < 1.29 is 0 Å². The van der Waals surface area contributed by atoms with Gasteiger partial charge in [-0.3, -0.25) is 4.68 Å². The Morgan fingerprint density at radius 2 is 1.90 bits per heavy atom. The van der Waals surface area contributed by atoms with Crippen LogP contribution in [0.25, 0.3) is 0 Å². The molecule has 0 radical (unpaired) electrons. The Bertz CT molecular complexity index is 624. The van der Waals surface area contributed by atoms with E-state index in [-0.39, 0.29) is 5.41 Å². The lowest BCUT2D eigenvalue weighted by atomic mass is 9.71. The zero-order valence-electron chi connectivity index (χ0n) is 12.2. The number of hydrogen-bond donors (Lipinski definition) is 1. The average Bonchev–Trinajstić information content (AvgIpc) is 2.61. The minimum absolute atomic E-state index is 0.150. The molecule has 1 aromatic heterocycles. The molecule has 1 fully saturated rings. The van der Waals surface area contributed by atoms with Gasteiger partial charge in [0.05, 0.1) is 16.4 Å². The summed E-state index contributed by atoms with van der Waals surface area (Å²) in [7, 11) is 1.98. The molecule has 106 valence electrons. The molecule has 0 bridgehead atoms. The van der Waals surface area contributed by atoms with Crippen molar-refractivity contribution in [2.45, 2.75) is 25.7 Å². The number of nitrogens with one attached hydrogen (secondary N) is 1. The van der Waals surface area contributed by atoms with Crippen LogP contribution in [0.15, 0.2) is 24.3 Å². The van der Waals surface area contributed by atoms with Crippen molar-refractivity contribution in [3.8, 4) is 0 Å². The molecular weight excluding hydrogens is 270 g/mol. The molecule has 4 heteroatoms. The van der Waals surface area contributed by atoms with Crippen molar-refractivity contribution in [1.82, 2.24) is 15.1 Å². The van der Waals surface area contributed by atoms with Gasteiger partial charge in [0, 0.05) is 32.0 Å². The van der Waals surface area contributed by atoms with E-state index in [9.17, 15) is 0 Å². The van der Waals surface area contributed by atoms with Gasteiger partial charge in [0.2, 0.25) is 0 Å². The summed E-state index contributed by atoms with van der Waals surface area (Å²) in [5.41, 5.74) is 4.88. The molecule has 0 unspecified atom stereocenters. The lowest BCUT2D eigenvalue weighted by Gasteiger charge is -2.43. The highest BCUT2D eigenvalue weighted by molar-refractivity contribution is 6.31. The van der Waals surface area contributed by atoms with Gasteiger partial charge in [0.15, 0.2) is 0 Å². The third-order valence-electron chi connectivity index (χ3n) is 4.36. The molecule has 1 aliphatic rings. The highest BCUT2D eigenvalue weighted by atomic mass is 35.5. The van der Waals surface area contributed by atoms with Gasteiger partial charge >= 0.3 is 0 Å². The van der Waals surface area contributed by atoms with Crippen LogP contribution < -0.4 is 5.32 Å². The largest absolute Gasteiger partial charge is 0.315 e. The summed E-state index contributed by atoms with van der Waals surface area (Å²) in [5, 5.41) is 8.64. The molecule has 3 rings (SSSR count). The first-order chi connectivity index (χ1) is 9.52. The molecule has 0 aliphatic carbocycles. The number of hydrogen-bond acceptors (Lipinski definition) is 2. The van der Waals surface area contributed by atoms with E-state index >= 15 is 0 Å². The van der Waals surface area contributed by atoms with E-state index in [1.54, 1.807) is 0 Å². The molecule has 1 aromatic carbocycles. The van der Waals surface area contributed by atoms with Crippen molar-refractivity contribution in [3.63, 3.8) is 0 Å². The summed E-state index contributed by atoms with van der Waals surface area (Å²) in [4.78, 5) is 0. The number of aromatic nitrogens is 2. The lowest BCUT2D eigenvalue weighted by molar-refractivity contribution is 0.270. The van der Waals surface area contributed by atoms with Crippen molar-refractivity contribution in [2.24, 2.45) is 7.05 Å². The van der Waals surface area contributed by atoms with Crippen LogP contribution in [0, 0.1) is 13.8 Å². The molecule has 2 aromatic rings. The van der Waals surface area contributed by atoms with E-state index in [1.165, 1.54) is 11.1 Å². The van der Waals surface area contributed by atoms with Gasteiger partial charge in [-0.25, -0.2) is 0 Å². The maximum absolute atomic E-state index is 6.41. The van der Waals surface area contributed by atoms with Crippen molar-refractivity contribution in [2.75, 3.05) is 13.1 Å². The number of rotatable bonds is 3. The van der Waals surface area contributed by atoms with Crippen molar-refractivity contribution >= 4 is 11.6 Å². The van der Waals surface area contributed by atoms with Gasteiger partial charge in [0.1, 0.15) is 0 Å². The molecule has 0 saturated carbocycles. The maximum Gasteiger partial charge on any atom is 0.0847 e. The van der Waals surface area contributed by atoms with Crippen LogP contribution in [0.5, 0.6) is 0 Å². The fourth-order valence-corrected chi connectivity index (χ4v) is 3.18. The minimum atomic E-state index is 0.150. The topological polar surface area (TPSA) is 29.9 Å². The first-order valence-electron chi connectivity index (χ1n) is 6.98. The third-order valence-corrected chi connectivity index (χ3v) is 4.85. The Labute approximate surface area is 124 Å². The quantitative estimate of drug-likeness (QED) is 0.942. The van der Waals surface area contributed by atoms with E-state index in [0.29, 0.717) is 0 Å². The standard InChI is InChI=1S/C16H20ClN3/c1-11-4-6-13(7-5-11)16(9-18-10-16)8-14-15(17)12(2)19-20(14)3/h4-7,18H,8-10H2,1-3H3. The molecular formula is C16H20ClN3. The van der Waals surface area contributed by atoms with Crippen LogP contribution in [-0.2, 0) is 18.9 Å². The van der Waals surface area contributed by atoms with Crippen LogP contribution >= 0.6 is 11.6 Å². The SMILES string of the molecule is Cc1ccc(C2(Cc3c(Cl)c(C)nn3C)CNC2)cc1. The minimum Gasteiger partial charge on any atom is -0.315 e. The molecule has 1 saturated heterocycles. The van der Waals surface area contributed by atoms with Crippen molar-refractivity contribution in [1.29, 1.82) is 0 Å². The van der Waals surface area contributed by atoms with E-state index in [1.807, 2.05) is 18.7 Å². The van der Waals surface area contributed by atoms with Crippen molar-refractivity contribution in [3.05, 3.63) is 51.8 Å². The zero-order valence-corrected chi connectivity index (χ0v) is 13.0. The Kier molecular flexibility index (Phi) is 3.35. The molecule has 1 N–H and O–H groups in total. The molecule has 20 heavy (non-hydrogen) atoms. The van der Waals surface area contributed by atoms with E-state index in [4.69, 9.17) is 11.6 Å². The smallest absolute Gasteiger partial charge is 0.0847 e. The second-order valence-electron chi connectivity index (χ2n) is 5.90. The van der Waals surface area contributed by atoms with Crippen LogP contribution in [0.1, 0.15) is 22.5 Å². The molecule has 0 atom stereocenters. The average molecular weight is 290 g/mol. The maximum atomic E-state index is 6.41. The van der Waals surface area contributed by atoms with Gasteiger partial charge in [-0.05, 0) is 19.4 Å². The fraction of sp³-hybridized carbons (Fsp3) is 0.438. The zero-order chi connectivity index (χ0) is 14.3. The Balaban J connectivity index is 1.96. The van der Waals surface area contributed by atoms with Gasteiger partial charge < -0.3 is 5.32 Å². The van der Waals surface area contributed by atoms with Crippen LogP contribution in [-0.4, -0.2) is 22.9 Å². The normalized spacial score (nSPS) is 17.0. The summed E-state index contributed by atoms with van der Waals surface area (Å²) >= 11 is 6.41. The monoisotopic (exact) mass is 289 g/mol. The first-order valence-corrected chi connectivity index (χ1v) is 7.35. The van der Waals surface area contributed by atoms with E-state index < -0.39 is 0 Å². The van der Waals surface area contributed by atoms with Gasteiger partial charge in [-0.2, -0.15) is 5.10 Å². The van der Waals surface area contributed by atoms with E-state index in [0.717, 1.165) is 35.9 Å². The molecule has 0 amide bonds. The van der Waals surface area contributed by atoms with Gasteiger partial charge in [0.25, 0.3) is 0 Å². The highest BCUT2D eigenvalue weighted by Gasteiger charge is 2.40. The van der Waals surface area contributed by atoms with Gasteiger partial charge in [-0.1, -0.05) is 41.4 Å². The second kappa shape index (κ2) is 4.90. The first kappa shape index (κ1) is 13.7. The summed E-state index contributed by atoms with van der Waals surface area (Å²) < 4.78 is 1.92. The number of nitrogens with zero attached hydrogens (tertiary/aromatic N) is 2. The molecule has 2 heterocycles. The van der Waals surface area contributed by atoms with Crippen LogP contribution in [0.3, 0.4) is 0 Å². The summed E-state index contributed by atoms with van der Waals surface area (Å²) in [6, 6.07) is 8.86. The lowest BCUT2D eigenvalue weighted by Crippen LogP contribution is -2.58. The van der Waals surface area contributed by atoms with E-state index in [2.05, 4.69) is 41.6 Å². The Hall–Kier alpha value is -1.32. The fourth-order valence-electron chi connectivity index (χ4n) is 2.96. The summed E-state index contributed by atoms with van der Waals surface area (Å²) in [6.07, 6.45) is 0.930.